The van der Waals surface area contributed by atoms with Crippen LogP contribution in [0.15, 0.2) is 0 Å². The third-order valence-electron chi connectivity index (χ3n) is 1.90. The van der Waals surface area contributed by atoms with Gasteiger partial charge in [-0.25, -0.2) is 19.3 Å². The molecular weight excluding hydrogens is 272 g/mol. The summed E-state index contributed by atoms with van der Waals surface area (Å²) in [5.74, 6) is -0.579. The summed E-state index contributed by atoms with van der Waals surface area (Å²) in [7, 11) is 0. The molecule has 3 amide bonds. The van der Waals surface area contributed by atoms with Gasteiger partial charge in [-0.2, -0.15) is 11.8 Å². The number of aliphatic carboxylic acids is 1. The van der Waals surface area contributed by atoms with Crippen molar-refractivity contribution in [2.75, 3.05) is 11.5 Å². The molecule has 7 nitrogen and oxygen atoms in total. The van der Waals surface area contributed by atoms with Crippen molar-refractivity contribution >= 4 is 29.9 Å². The zero-order valence-corrected chi connectivity index (χ0v) is 12.3. The summed E-state index contributed by atoms with van der Waals surface area (Å²) in [5, 5.41) is 9.10. The first-order valence-corrected chi connectivity index (χ1v) is 6.87. The SMILES string of the molecule is CCSC[C@@H](C(=O)O)N(C(N)=O)C(=O)OC(C)(C)C. The molecule has 0 radical (unpaired) electrons. The fourth-order valence-electron chi connectivity index (χ4n) is 1.17. The van der Waals surface area contributed by atoms with Crippen LogP contribution in [-0.4, -0.2) is 51.2 Å². The van der Waals surface area contributed by atoms with Crippen molar-refractivity contribution in [3.8, 4) is 0 Å². The maximum atomic E-state index is 11.8. The molecule has 0 aliphatic rings. The van der Waals surface area contributed by atoms with E-state index in [1.165, 1.54) is 11.8 Å². The summed E-state index contributed by atoms with van der Waals surface area (Å²) in [5.41, 5.74) is 4.24. The lowest BCUT2D eigenvalue weighted by atomic mass is 10.2. The molecular formula is C11H20N2O5S. The molecule has 0 aromatic carbocycles. The van der Waals surface area contributed by atoms with Gasteiger partial charge in [0.2, 0.25) is 0 Å². The maximum absolute atomic E-state index is 11.8. The number of amides is 3. The second kappa shape index (κ2) is 7.22. The Morgan fingerprint density at radius 1 is 1.37 bits per heavy atom. The largest absolute Gasteiger partial charge is 0.480 e. The lowest BCUT2D eigenvalue weighted by Gasteiger charge is -2.28. The minimum absolute atomic E-state index is 0.0635. The highest BCUT2D eigenvalue weighted by molar-refractivity contribution is 7.99. The van der Waals surface area contributed by atoms with Gasteiger partial charge in [-0.3, -0.25) is 0 Å². The van der Waals surface area contributed by atoms with E-state index in [0.717, 1.165) is 0 Å². The van der Waals surface area contributed by atoms with Gasteiger partial charge in [0.05, 0.1) is 0 Å². The maximum Gasteiger partial charge on any atom is 0.419 e. The molecule has 0 spiro atoms. The van der Waals surface area contributed by atoms with Crippen LogP contribution in [0, 0.1) is 0 Å². The number of imide groups is 1. The fourth-order valence-corrected chi connectivity index (χ4v) is 1.92. The molecule has 0 heterocycles. The van der Waals surface area contributed by atoms with E-state index in [-0.39, 0.29) is 5.75 Å². The molecule has 110 valence electrons. The summed E-state index contributed by atoms with van der Waals surface area (Å²) in [6.45, 7) is 6.67. The molecule has 8 heteroatoms. The standard InChI is InChI=1S/C11H20N2O5S/c1-5-19-6-7(8(14)15)13(9(12)16)10(17)18-11(2,3)4/h7H,5-6H2,1-4H3,(H2,12,16)(H,14,15)/t7-/m0/s1. The summed E-state index contributed by atoms with van der Waals surface area (Å²) >= 11 is 1.29. The third kappa shape index (κ3) is 6.32. The predicted molar refractivity (Wildman–Crippen MR) is 72.1 cm³/mol. The highest BCUT2D eigenvalue weighted by Gasteiger charge is 2.36. The van der Waals surface area contributed by atoms with Crippen LogP contribution >= 0.6 is 11.8 Å². The molecule has 0 saturated carbocycles. The van der Waals surface area contributed by atoms with Gasteiger partial charge in [0.1, 0.15) is 5.60 Å². The van der Waals surface area contributed by atoms with E-state index in [1.807, 2.05) is 6.92 Å². The van der Waals surface area contributed by atoms with Crippen molar-refractivity contribution in [2.45, 2.75) is 39.3 Å². The van der Waals surface area contributed by atoms with Gasteiger partial charge in [-0.05, 0) is 26.5 Å². The first-order chi connectivity index (χ1) is 8.60. The Balaban J connectivity index is 5.09. The molecule has 0 aliphatic heterocycles. The molecule has 0 fully saturated rings. The second-order valence-electron chi connectivity index (χ2n) is 4.70. The van der Waals surface area contributed by atoms with Gasteiger partial charge in [-0.1, -0.05) is 6.92 Å². The van der Waals surface area contributed by atoms with Gasteiger partial charge in [0, 0.05) is 5.75 Å². The number of ether oxygens (including phenoxy) is 1. The second-order valence-corrected chi connectivity index (χ2v) is 6.02. The molecule has 0 aromatic rings. The number of hydrogen-bond donors (Lipinski definition) is 2. The van der Waals surface area contributed by atoms with Crippen molar-refractivity contribution in [3.05, 3.63) is 0 Å². The van der Waals surface area contributed by atoms with Crippen LogP contribution in [0.1, 0.15) is 27.7 Å². The number of primary amides is 1. The van der Waals surface area contributed by atoms with Crippen LogP contribution in [0.2, 0.25) is 0 Å². The Labute approximate surface area is 116 Å². The first kappa shape index (κ1) is 17.6. The highest BCUT2D eigenvalue weighted by atomic mass is 32.2. The van der Waals surface area contributed by atoms with E-state index >= 15 is 0 Å². The summed E-state index contributed by atoms with van der Waals surface area (Å²) < 4.78 is 4.99. The molecule has 0 aromatic heterocycles. The van der Waals surface area contributed by atoms with Crippen molar-refractivity contribution in [2.24, 2.45) is 5.73 Å². The van der Waals surface area contributed by atoms with Gasteiger partial charge in [0.15, 0.2) is 6.04 Å². The third-order valence-corrected chi connectivity index (χ3v) is 2.86. The molecule has 0 rings (SSSR count). The normalized spacial score (nSPS) is 12.6. The zero-order valence-electron chi connectivity index (χ0n) is 11.5. The topological polar surface area (TPSA) is 110 Å². The first-order valence-electron chi connectivity index (χ1n) is 5.72. The van der Waals surface area contributed by atoms with E-state index in [4.69, 9.17) is 15.6 Å². The summed E-state index contributed by atoms with van der Waals surface area (Å²) in [4.78, 5) is 34.7. The van der Waals surface area contributed by atoms with Crippen LogP contribution in [0.3, 0.4) is 0 Å². The van der Waals surface area contributed by atoms with E-state index < -0.39 is 29.7 Å². The number of rotatable bonds is 5. The Kier molecular flexibility index (Phi) is 6.68. The van der Waals surface area contributed by atoms with E-state index in [0.29, 0.717) is 10.7 Å². The molecule has 3 N–H and O–H groups in total. The molecule has 0 saturated heterocycles. The van der Waals surface area contributed by atoms with Crippen LogP contribution in [0.4, 0.5) is 9.59 Å². The van der Waals surface area contributed by atoms with Gasteiger partial charge < -0.3 is 15.6 Å². The quantitative estimate of drug-likeness (QED) is 0.794. The number of carboxylic acids is 1. The number of carbonyl (C=O) groups excluding carboxylic acids is 2. The smallest absolute Gasteiger partial charge is 0.419 e. The minimum Gasteiger partial charge on any atom is -0.480 e. The van der Waals surface area contributed by atoms with E-state index in [2.05, 4.69) is 0 Å². The number of thioether (sulfide) groups is 1. The van der Waals surface area contributed by atoms with Crippen molar-refractivity contribution in [1.29, 1.82) is 0 Å². The monoisotopic (exact) mass is 292 g/mol. The average Bonchev–Trinajstić information content (AvgIpc) is 2.19. The van der Waals surface area contributed by atoms with Crippen molar-refractivity contribution in [3.63, 3.8) is 0 Å². The van der Waals surface area contributed by atoms with E-state index in [1.54, 1.807) is 20.8 Å². The number of hydrogen-bond acceptors (Lipinski definition) is 5. The molecule has 19 heavy (non-hydrogen) atoms. The molecule has 1 atom stereocenters. The number of carbonyl (C=O) groups is 3. The summed E-state index contributed by atoms with van der Waals surface area (Å²) in [6, 6.07) is -2.48. The lowest BCUT2D eigenvalue weighted by molar-refractivity contribution is -0.141. The predicted octanol–water partition coefficient (Wildman–Crippen LogP) is 1.51. The Morgan fingerprint density at radius 3 is 2.21 bits per heavy atom. The summed E-state index contributed by atoms with van der Waals surface area (Å²) in [6.07, 6.45) is -1.05. The lowest BCUT2D eigenvalue weighted by Crippen LogP contribution is -2.53. The van der Waals surface area contributed by atoms with Crippen molar-refractivity contribution < 1.29 is 24.2 Å². The van der Waals surface area contributed by atoms with Crippen LogP contribution < -0.4 is 5.73 Å². The fraction of sp³-hybridized carbons (Fsp3) is 0.727. The van der Waals surface area contributed by atoms with Gasteiger partial charge in [0.25, 0.3) is 0 Å². The number of urea groups is 1. The van der Waals surface area contributed by atoms with E-state index in [9.17, 15) is 14.4 Å². The zero-order chi connectivity index (χ0) is 15.2. The number of nitrogens with two attached hydrogens (primary N) is 1. The molecule has 0 bridgehead atoms. The highest BCUT2D eigenvalue weighted by Crippen LogP contribution is 2.15. The number of carboxylic acid groups (broad SMARTS) is 1. The van der Waals surface area contributed by atoms with Crippen LogP contribution in [0.25, 0.3) is 0 Å². The van der Waals surface area contributed by atoms with Gasteiger partial charge >= 0.3 is 18.1 Å². The average molecular weight is 292 g/mol. The Hall–Kier alpha value is -1.44. The molecule has 0 unspecified atom stereocenters. The minimum atomic E-state index is -1.34. The number of nitrogens with zero attached hydrogens (tertiary/aromatic N) is 1. The van der Waals surface area contributed by atoms with Crippen LogP contribution in [-0.2, 0) is 9.53 Å². The Morgan fingerprint density at radius 2 is 1.89 bits per heavy atom. The Bertz CT molecular complexity index is 353. The van der Waals surface area contributed by atoms with Crippen LogP contribution in [0.5, 0.6) is 0 Å². The molecule has 0 aliphatic carbocycles. The van der Waals surface area contributed by atoms with Gasteiger partial charge in [-0.15, -0.1) is 0 Å². The van der Waals surface area contributed by atoms with Crippen molar-refractivity contribution in [1.82, 2.24) is 4.90 Å².